The molecular formula is C27H34B2FN3OS. The number of aromatic hydroxyl groups is 1. The fourth-order valence-electron chi connectivity index (χ4n) is 5.43. The molecule has 2 aromatic carbocycles. The van der Waals surface area contributed by atoms with Crippen molar-refractivity contribution in [2.75, 3.05) is 11.0 Å². The fourth-order valence-corrected chi connectivity index (χ4v) is 5.81. The smallest absolute Gasteiger partial charge is 0.242 e. The van der Waals surface area contributed by atoms with Gasteiger partial charge in [-0.1, -0.05) is 67.8 Å². The molecule has 1 aromatic heterocycles. The highest BCUT2D eigenvalue weighted by Gasteiger charge is 2.36. The largest absolute Gasteiger partial charge is 0.493 e. The van der Waals surface area contributed by atoms with E-state index in [1.54, 1.807) is 0 Å². The van der Waals surface area contributed by atoms with Gasteiger partial charge in [0.05, 0.1) is 5.69 Å². The van der Waals surface area contributed by atoms with Crippen molar-refractivity contribution in [2.24, 2.45) is 5.92 Å². The zero-order valence-corrected chi connectivity index (χ0v) is 22.4. The van der Waals surface area contributed by atoms with Crippen LogP contribution in [0.5, 0.6) is 5.88 Å². The van der Waals surface area contributed by atoms with Crippen LogP contribution >= 0.6 is 11.8 Å². The van der Waals surface area contributed by atoms with E-state index in [9.17, 15) is 5.11 Å². The maximum atomic E-state index is 16.4. The van der Waals surface area contributed by atoms with Gasteiger partial charge in [-0.05, 0) is 73.9 Å². The van der Waals surface area contributed by atoms with Crippen LogP contribution in [0, 0.1) is 25.6 Å². The number of rotatable bonds is 7. The molecule has 0 saturated heterocycles. The molecule has 0 aliphatic heterocycles. The highest BCUT2D eigenvalue weighted by Crippen LogP contribution is 2.44. The van der Waals surface area contributed by atoms with Gasteiger partial charge >= 0.3 is 0 Å². The Labute approximate surface area is 214 Å². The molecule has 4 nitrogen and oxygen atoms in total. The molecule has 0 bridgehead atoms. The van der Waals surface area contributed by atoms with E-state index in [-0.39, 0.29) is 30.4 Å². The average Bonchev–Trinajstić information content (AvgIpc) is 2.86. The Balaban J connectivity index is 1.73. The lowest BCUT2D eigenvalue weighted by Gasteiger charge is -2.35. The number of benzene rings is 2. The van der Waals surface area contributed by atoms with Gasteiger partial charge in [-0.15, -0.1) is 0 Å². The Bertz CT molecular complexity index is 1210. The maximum Gasteiger partial charge on any atom is 0.242 e. The van der Waals surface area contributed by atoms with Crippen LogP contribution in [0.3, 0.4) is 0 Å². The van der Waals surface area contributed by atoms with Crippen LogP contribution in [0.2, 0.25) is 6.82 Å². The topological polar surface area (TPSA) is 49.2 Å². The molecule has 0 fully saturated rings. The van der Waals surface area contributed by atoms with Gasteiger partial charge in [0.25, 0.3) is 0 Å². The van der Waals surface area contributed by atoms with Gasteiger partial charge in [-0.3, -0.25) is 0 Å². The minimum Gasteiger partial charge on any atom is -0.493 e. The van der Waals surface area contributed by atoms with E-state index in [4.69, 9.17) is 4.98 Å². The summed E-state index contributed by atoms with van der Waals surface area (Å²) in [6.07, 6.45) is 4.93. The highest BCUT2D eigenvalue weighted by atomic mass is 32.2. The molecule has 1 aliphatic rings. The number of fused-ring (bicyclic) bond motifs is 1. The van der Waals surface area contributed by atoms with E-state index in [0.29, 0.717) is 23.7 Å². The van der Waals surface area contributed by atoms with Gasteiger partial charge in [0, 0.05) is 11.3 Å². The van der Waals surface area contributed by atoms with E-state index in [1.807, 2.05) is 45.4 Å². The van der Waals surface area contributed by atoms with Gasteiger partial charge in [0.2, 0.25) is 20.7 Å². The molecule has 182 valence electrons. The van der Waals surface area contributed by atoms with Crippen molar-refractivity contribution in [1.29, 1.82) is 0 Å². The third-order valence-electron chi connectivity index (χ3n) is 7.80. The number of hydrogen-bond donors (Lipinski definition) is 1. The van der Waals surface area contributed by atoms with Crippen LogP contribution in [0.15, 0.2) is 41.6 Å². The molecule has 1 N–H and O–H groups in total. The zero-order chi connectivity index (χ0) is 25.3. The molecule has 0 radical (unpaired) electrons. The van der Waals surface area contributed by atoms with Crippen LogP contribution in [0.1, 0.15) is 52.8 Å². The van der Waals surface area contributed by atoms with Crippen molar-refractivity contribution < 1.29 is 9.50 Å². The van der Waals surface area contributed by atoms with Crippen molar-refractivity contribution >= 4 is 32.3 Å². The summed E-state index contributed by atoms with van der Waals surface area (Å²) in [5.41, 5.74) is 6.50. The molecule has 1 heterocycles. The monoisotopic (exact) mass is 489 g/mol. The molecule has 8 heteroatoms. The summed E-state index contributed by atoms with van der Waals surface area (Å²) in [5.74, 6) is 0.179. The minimum absolute atomic E-state index is 0.00739. The Kier molecular flexibility index (Phi) is 7.80. The minimum atomic E-state index is -0.120. The van der Waals surface area contributed by atoms with Crippen LogP contribution in [-0.2, 0) is 19.2 Å². The molecule has 0 spiro atoms. The highest BCUT2D eigenvalue weighted by molar-refractivity contribution is 7.98. The van der Waals surface area contributed by atoms with E-state index in [0.717, 1.165) is 40.7 Å². The third kappa shape index (κ3) is 5.09. The Hall–Kier alpha value is -2.47. The van der Waals surface area contributed by atoms with E-state index in [2.05, 4.69) is 42.5 Å². The van der Waals surface area contributed by atoms with E-state index in [1.165, 1.54) is 17.3 Å². The van der Waals surface area contributed by atoms with Crippen molar-refractivity contribution in [3.05, 3.63) is 75.7 Å². The zero-order valence-electron chi connectivity index (χ0n) is 21.6. The first-order chi connectivity index (χ1) is 16.7. The molecule has 35 heavy (non-hydrogen) atoms. The van der Waals surface area contributed by atoms with Crippen molar-refractivity contribution in [3.63, 3.8) is 0 Å². The van der Waals surface area contributed by atoms with E-state index >= 15 is 4.39 Å². The van der Waals surface area contributed by atoms with Crippen molar-refractivity contribution in [2.45, 2.75) is 64.3 Å². The summed E-state index contributed by atoms with van der Waals surface area (Å²) >= 11 is 1.42. The molecule has 3 aromatic rings. The summed E-state index contributed by atoms with van der Waals surface area (Å²) in [4.78, 5) is 8.95. The number of aryl methyl sites for hydroxylation is 1. The van der Waals surface area contributed by atoms with Gasteiger partial charge in [-0.2, -0.15) is 4.98 Å². The lowest BCUT2D eigenvalue weighted by molar-refractivity contribution is 0.347. The van der Waals surface area contributed by atoms with Gasteiger partial charge in [-0.25, -0.2) is 9.37 Å². The number of aromatic nitrogens is 2. The molecule has 4 rings (SSSR count). The third-order valence-corrected chi connectivity index (χ3v) is 8.35. The van der Waals surface area contributed by atoms with Gasteiger partial charge < -0.3 is 9.83 Å². The fraction of sp³-hybridized carbons (Fsp3) is 0.407. The molecule has 2 unspecified atom stereocenters. The average molecular weight is 489 g/mol. The maximum absolute atomic E-state index is 16.4. The second-order valence-electron chi connectivity index (χ2n) is 9.86. The molecule has 0 saturated carbocycles. The van der Waals surface area contributed by atoms with Crippen LogP contribution in [0.4, 0.5) is 10.1 Å². The first-order valence-corrected chi connectivity index (χ1v) is 13.7. The van der Waals surface area contributed by atoms with Gasteiger partial charge in [0.15, 0.2) is 5.16 Å². The van der Waals surface area contributed by atoms with Gasteiger partial charge in [0.1, 0.15) is 5.82 Å². The summed E-state index contributed by atoms with van der Waals surface area (Å²) in [5, 5.41) is 11.1. The first kappa shape index (κ1) is 25.6. The Morgan fingerprint density at radius 3 is 2.57 bits per heavy atom. The lowest BCUT2D eigenvalue weighted by atomic mass is 9.56. The summed E-state index contributed by atoms with van der Waals surface area (Å²) in [6, 6.07) is 12.4. The molecular weight excluding hydrogens is 455 g/mol. The number of halogens is 1. The van der Waals surface area contributed by atoms with E-state index < -0.39 is 0 Å². The Morgan fingerprint density at radius 2 is 1.91 bits per heavy atom. The normalized spacial score (nSPS) is 17.2. The second kappa shape index (κ2) is 10.7. The predicted octanol–water partition coefficient (Wildman–Crippen LogP) is 5.33. The molecule has 1 aliphatic carbocycles. The summed E-state index contributed by atoms with van der Waals surface area (Å²) in [7, 11) is 1.99. The second-order valence-corrected chi connectivity index (χ2v) is 10.6. The quantitative estimate of drug-likeness (QED) is 0.277. The predicted molar refractivity (Wildman–Crippen MR) is 148 cm³/mol. The number of hydrogen-bond acceptors (Lipinski definition) is 5. The molecule has 2 atom stereocenters. The molecule has 0 amide bonds. The summed E-state index contributed by atoms with van der Waals surface area (Å²) < 4.78 is 18.5. The van der Waals surface area contributed by atoms with Crippen LogP contribution in [0.25, 0.3) is 0 Å². The lowest BCUT2D eigenvalue weighted by Crippen LogP contribution is -2.38. The number of thioether (sulfide) groups is 1. The SMILES string of the molecule is BN(B(C)Cc1ccccc1)c1cc(C)c(C)c(C2Cc3nc(SC)nc(O)c3CC2CC)c1F. The van der Waals surface area contributed by atoms with Crippen molar-refractivity contribution in [3.8, 4) is 5.88 Å². The summed E-state index contributed by atoms with van der Waals surface area (Å²) in [6.45, 7) is 8.56. The van der Waals surface area contributed by atoms with Crippen LogP contribution in [-0.4, -0.2) is 36.2 Å². The van der Waals surface area contributed by atoms with Crippen molar-refractivity contribution in [1.82, 2.24) is 9.97 Å². The standard InChI is InChI=1S/C27H34B2FN3OS/c1-6-19-13-21-22(31-27(35-5)32-26(21)34)14-20(19)24-17(3)16(2)12-23(25(24)30)33(28)29(4)15-18-10-8-7-9-11-18/h7-12,19-20H,6,13-15,28H2,1-5H3,(H,31,32,34). The first-order valence-electron chi connectivity index (χ1n) is 12.4. The van der Waals surface area contributed by atoms with Crippen LogP contribution < -0.4 is 4.72 Å². The number of anilines is 1. The Morgan fingerprint density at radius 1 is 1.20 bits per heavy atom. The number of nitrogens with zero attached hydrogens (tertiary/aromatic N) is 3.